The number of aliphatic imine (C=N–C) groups is 1. The molecule has 2 rings (SSSR count). The summed E-state index contributed by atoms with van der Waals surface area (Å²) in [5.41, 5.74) is 11.0. The maximum Gasteiger partial charge on any atom is 0.327 e. The Morgan fingerprint density at radius 3 is 2.92 bits per heavy atom. The van der Waals surface area contributed by atoms with Crippen molar-refractivity contribution in [2.75, 3.05) is 18.8 Å². The Labute approximate surface area is 143 Å². The summed E-state index contributed by atoms with van der Waals surface area (Å²) in [5, 5.41) is 2.94. The van der Waals surface area contributed by atoms with Crippen LogP contribution >= 0.6 is 0 Å². The van der Waals surface area contributed by atoms with Crippen LogP contribution in [0.5, 0.6) is 0 Å². The van der Waals surface area contributed by atoms with E-state index in [-0.39, 0.29) is 23.6 Å². The number of anilines is 1. The Morgan fingerprint density at radius 1 is 1.44 bits per heavy atom. The van der Waals surface area contributed by atoms with Crippen molar-refractivity contribution in [3.8, 4) is 0 Å². The quantitative estimate of drug-likeness (QED) is 0.418. The van der Waals surface area contributed by atoms with Crippen LogP contribution in [0.2, 0.25) is 0 Å². The Balaban J connectivity index is 2.16. The molecule has 6 N–H and O–H groups in total. The molecule has 0 amide bonds. The van der Waals surface area contributed by atoms with E-state index in [1.54, 1.807) is 0 Å². The molecule has 0 fully saturated rings. The van der Waals surface area contributed by atoms with E-state index in [2.05, 4.69) is 21.9 Å². The lowest BCUT2D eigenvalue weighted by atomic mass is 10.2. The Hall–Kier alpha value is -2.94. The summed E-state index contributed by atoms with van der Waals surface area (Å²) in [4.78, 5) is 18.6. The maximum absolute atomic E-state index is 13.7. The fourth-order valence-corrected chi connectivity index (χ4v) is 2.11. The number of nitrogens with two attached hydrogens (primary N) is 2. The third-order valence-corrected chi connectivity index (χ3v) is 3.45. The molecule has 1 heterocycles. The van der Waals surface area contributed by atoms with Crippen molar-refractivity contribution in [2.24, 2.45) is 10.7 Å². The van der Waals surface area contributed by atoms with Gasteiger partial charge in [-0.3, -0.25) is 4.57 Å². The zero-order valence-electron chi connectivity index (χ0n) is 13.6. The molecule has 9 heteroatoms. The first-order chi connectivity index (χ1) is 11.9. The monoisotopic (exact) mass is 350 g/mol. The minimum atomic E-state index is -0.624. The third-order valence-electron chi connectivity index (χ3n) is 3.45. The number of hydrogen-bond donors (Lipinski definition) is 4. The first-order valence-corrected chi connectivity index (χ1v) is 7.61. The second-order valence-corrected chi connectivity index (χ2v) is 5.32. The number of nitrogens with one attached hydrogen (secondary N) is 2. The molecule has 0 saturated carbocycles. The predicted molar refractivity (Wildman–Crippen MR) is 93.3 cm³/mol. The predicted octanol–water partition coefficient (Wildman–Crippen LogP) is 0.914. The van der Waals surface area contributed by atoms with Crippen LogP contribution in [0.25, 0.3) is 0 Å². The van der Waals surface area contributed by atoms with E-state index < -0.39 is 17.3 Å². The van der Waals surface area contributed by atoms with E-state index in [1.807, 2.05) is 0 Å². The molecule has 25 heavy (non-hydrogen) atoms. The number of rotatable bonds is 8. The molecule has 1 aromatic carbocycles. The molecule has 0 saturated heterocycles. The highest BCUT2D eigenvalue weighted by atomic mass is 19.1. The van der Waals surface area contributed by atoms with E-state index in [4.69, 9.17) is 11.5 Å². The van der Waals surface area contributed by atoms with Gasteiger partial charge in [0.25, 0.3) is 0 Å². The summed E-state index contributed by atoms with van der Waals surface area (Å²) >= 11 is 0. The average molecular weight is 350 g/mol. The Morgan fingerprint density at radius 2 is 2.20 bits per heavy atom. The minimum Gasteiger partial charge on any atom is -0.383 e. The second kappa shape index (κ2) is 8.25. The number of hydrogen-bond acceptors (Lipinski definition) is 5. The highest BCUT2D eigenvalue weighted by Gasteiger charge is 2.12. The van der Waals surface area contributed by atoms with Crippen LogP contribution in [0, 0.1) is 11.6 Å². The van der Waals surface area contributed by atoms with Gasteiger partial charge in [0.05, 0.1) is 12.8 Å². The van der Waals surface area contributed by atoms with Gasteiger partial charge < -0.3 is 21.8 Å². The largest absolute Gasteiger partial charge is 0.383 e. The molecule has 0 unspecified atom stereocenters. The highest BCUT2D eigenvalue weighted by Crippen LogP contribution is 2.13. The van der Waals surface area contributed by atoms with Gasteiger partial charge in [0.15, 0.2) is 0 Å². The number of imidazole rings is 1. The number of aromatic amines is 1. The molecule has 134 valence electrons. The van der Waals surface area contributed by atoms with E-state index >= 15 is 0 Å². The second-order valence-electron chi connectivity index (χ2n) is 5.32. The van der Waals surface area contributed by atoms with Gasteiger partial charge in [0, 0.05) is 12.1 Å². The summed E-state index contributed by atoms with van der Waals surface area (Å²) in [6, 6.07) is 3.02. The van der Waals surface area contributed by atoms with E-state index in [0.29, 0.717) is 18.9 Å². The molecule has 1 aromatic heterocycles. The molecule has 0 radical (unpaired) electrons. The van der Waals surface area contributed by atoms with Crippen molar-refractivity contribution in [3.05, 3.63) is 64.0 Å². The van der Waals surface area contributed by atoms with Gasteiger partial charge in [-0.05, 0) is 31.2 Å². The smallest absolute Gasteiger partial charge is 0.327 e. The molecular formula is C16H20F2N6O. The molecule has 0 bridgehead atoms. The Kier molecular flexibility index (Phi) is 6.07. The lowest BCUT2D eigenvalue weighted by Crippen LogP contribution is -2.19. The van der Waals surface area contributed by atoms with Crippen LogP contribution < -0.4 is 22.5 Å². The van der Waals surface area contributed by atoms with Crippen molar-refractivity contribution in [1.29, 1.82) is 0 Å². The fraction of sp³-hybridized carbons (Fsp3) is 0.250. The summed E-state index contributed by atoms with van der Waals surface area (Å²) in [6.45, 7) is 4.68. The van der Waals surface area contributed by atoms with Crippen molar-refractivity contribution >= 4 is 12.0 Å². The first kappa shape index (κ1) is 18.4. The number of nitrogens with zero attached hydrogens (tertiary/aromatic N) is 2. The molecule has 2 aromatic rings. The molecule has 0 atom stereocenters. The van der Waals surface area contributed by atoms with Crippen LogP contribution in [0.4, 0.5) is 14.6 Å². The number of H-pyrrole nitrogens is 1. The van der Waals surface area contributed by atoms with Crippen molar-refractivity contribution in [2.45, 2.75) is 13.0 Å². The highest BCUT2D eigenvalue weighted by molar-refractivity contribution is 5.83. The molecule has 0 aliphatic heterocycles. The topological polar surface area (TPSA) is 114 Å². The number of nitrogen functional groups attached to an aromatic ring is 1. The summed E-state index contributed by atoms with van der Waals surface area (Å²) in [6.07, 6.45) is 2.11. The van der Waals surface area contributed by atoms with Gasteiger partial charge in [-0.2, -0.15) is 0 Å². The van der Waals surface area contributed by atoms with Gasteiger partial charge in [0.2, 0.25) is 0 Å². The van der Waals surface area contributed by atoms with Gasteiger partial charge >= 0.3 is 5.69 Å². The van der Waals surface area contributed by atoms with Crippen LogP contribution in [-0.4, -0.2) is 28.9 Å². The average Bonchev–Trinajstić information content (AvgIpc) is 2.84. The Bertz CT molecular complexity index is 840. The fourth-order valence-electron chi connectivity index (χ4n) is 2.11. The van der Waals surface area contributed by atoms with Gasteiger partial charge in [-0.25, -0.2) is 18.6 Å². The van der Waals surface area contributed by atoms with E-state index in [1.165, 1.54) is 6.21 Å². The lowest BCUT2D eigenvalue weighted by Gasteiger charge is -2.06. The normalized spacial score (nSPS) is 11.2. The molecule has 0 spiro atoms. The lowest BCUT2D eigenvalue weighted by molar-refractivity contribution is 0.576. The summed E-state index contributed by atoms with van der Waals surface area (Å²) in [7, 11) is 0. The number of aromatic nitrogens is 2. The van der Waals surface area contributed by atoms with Crippen LogP contribution in [0.15, 0.2) is 40.4 Å². The van der Waals surface area contributed by atoms with Crippen molar-refractivity contribution < 1.29 is 8.78 Å². The van der Waals surface area contributed by atoms with Crippen LogP contribution in [-0.2, 0) is 6.54 Å². The zero-order valence-corrected chi connectivity index (χ0v) is 13.6. The van der Waals surface area contributed by atoms with E-state index in [9.17, 15) is 13.6 Å². The summed E-state index contributed by atoms with van der Waals surface area (Å²) < 4.78 is 28.1. The first-order valence-electron chi connectivity index (χ1n) is 7.61. The van der Waals surface area contributed by atoms with E-state index in [0.717, 1.165) is 29.2 Å². The number of halogens is 2. The molecule has 0 aliphatic carbocycles. The summed E-state index contributed by atoms with van der Waals surface area (Å²) in [5.74, 6) is -0.772. The number of benzene rings is 1. The standard InChI is InChI=1S/C16H20F2N6O/c1-10(21-6-2-5-19)22-8-14-15(20)24(16(25)23-14)9-11-7-12(17)3-4-13(11)18/h3-4,7-8,21H,1-2,5-6,9,19-20H2,(H,23,25)/b22-8-. The molecule has 0 aliphatic rings. The van der Waals surface area contributed by atoms with Crippen molar-refractivity contribution in [3.63, 3.8) is 0 Å². The molecular weight excluding hydrogens is 330 g/mol. The SMILES string of the molecule is C=C(/N=C\c1[nH]c(=O)n(Cc2cc(F)ccc2F)c1N)NCCCN. The minimum absolute atomic E-state index is 0.0177. The van der Waals surface area contributed by atoms with Gasteiger partial charge in [0.1, 0.15) is 29.0 Å². The van der Waals surface area contributed by atoms with Crippen LogP contribution in [0.3, 0.4) is 0 Å². The van der Waals surface area contributed by atoms with Crippen LogP contribution in [0.1, 0.15) is 17.7 Å². The molecule has 7 nitrogen and oxygen atoms in total. The zero-order chi connectivity index (χ0) is 18.4. The van der Waals surface area contributed by atoms with Crippen molar-refractivity contribution in [1.82, 2.24) is 14.9 Å². The third kappa shape index (κ3) is 4.77. The van der Waals surface area contributed by atoms with Gasteiger partial charge in [-0.15, -0.1) is 0 Å². The maximum atomic E-state index is 13.7. The van der Waals surface area contributed by atoms with Gasteiger partial charge in [-0.1, -0.05) is 6.58 Å².